The average Bonchev–Trinajstić information content (AvgIpc) is 2.64. The van der Waals surface area contributed by atoms with Crippen LogP contribution in [0.5, 0.6) is 0 Å². The van der Waals surface area contributed by atoms with Gasteiger partial charge in [0, 0.05) is 47.3 Å². The van der Waals surface area contributed by atoms with Gasteiger partial charge in [0.1, 0.15) is 5.82 Å². The second-order valence-corrected chi connectivity index (χ2v) is 6.33. The molecule has 0 amide bonds. The summed E-state index contributed by atoms with van der Waals surface area (Å²) in [4.78, 5) is 6.58. The Morgan fingerprint density at radius 1 is 1.47 bits per heavy atom. The predicted octanol–water partition coefficient (Wildman–Crippen LogP) is 1.66. The molecular weight excluding hydrogens is 234 g/mol. The lowest BCUT2D eigenvalue weighted by Gasteiger charge is -2.24. The van der Waals surface area contributed by atoms with E-state index in [1.54, 1.807) is 6.26 Å². The lowest BCUT2D eigenvalue weighted by molar-refractivity contribution is 0.256. The zero-order chi connectivity index (χ0) is 13.0. The monoisotopic (exact) mass is 257 g/mol. The van der Waals surface area contributed by atoms with E-state index in [9.17, 15) is 4.21 Å². The molecule has 0 aliphatic carbocycles. The van der Waals surface area contributed by atoms with E-state index in [0.717, 1.165) is 12.4 Å². The van der Waals surface area contributed by atoms with Crippen LogP contribution in [0.1, 0.15) is 32.6 Å². The molecule has 0 aliphatic rings. The number of nitrogens with zero attached hydrogens (tertiary/aromatic N) is 3. The van der Waals surface area contributed by atoms with Crippen LogP contribution in [0.15, 0.2) is 12.4 Å². The summed E-state index contributed by atoms with van der Waals surface area (Å²) in [5.41, 5.74) is 0. The maximum atomic E-state index is 11.2. The Morgan fingerprint density at radius 2 is 2.12 bits per heavy atom. The van der Waals surface area contributed by atoms with Crippen molar-refractivity contribution in [3.63, 3.8) is 0 Å². The van der Waals surface area contributed by atoms with Crippen molar-refractivity contribution in [2.45, 2.75) is 39.4 Å². The second kappa shape index (κ2) is 6.31. The molecule has 98 valence electrons. The Balaban J connectivity index is 2.64. The first-order valence-electron chi connectivity index (χ1n) is 5.93. The van der Waals surface area contributed by atoms with Gasteiger partial charge in [-0.2, -0.15) is 0 Å². The molecule has 17 heavy (non-hydrogen) atoms. The highest BCUT2D eigenvalue weighted by atomic mass is 32.2. The van der Waals surface area contributed by atoms with E-state index < -0.39 is 10.8 Å². The zero-order valence-electron chi connectivity index (χ0n) is 11.4. The number of rotatable bonds is 6. The highest BCUT2D eigenvalue weighted by Gasteiger charge is 2.14. The Hall–Kier alpha value is -0.680. The normalized spacial score (nSPS) is 15.5. The maximum Gasteiger partial charge on any atom is 0.123 e. The summed E-state index contributed by atoms with van der Waals surface area (Å²) in [5, 5.41) is 0. The summed E-state index contributed by atoms with van der Waals surface area (Å²) in [5.74, 6) is 1.77. The minimum absolute atomic E-state index is 0.304. The summed E-state index contributed by atoms with van der Waals surface area (Å²) in [7, 11) is 1.30. The van der Waals surface area contributed by atoms with Gasteiger partial charge in [-0.25, -0.2) is 4.98 Å². The molecule has 0 bridgehead atoms. The van der Waals surface area contributed by atoms with E-state index >= 15 is 0 Å². The Morgan fingerprint density at radius 3 is 2.65 bits per heavy atom. The van der Waals surface area contributed by atoms with Crippen molar-refractivity contribution in [1.29, 1.82) is 0 Å². The van der Waals surface area contributed by atoms with Gasteiger partial charge in [0.15, 0.2) is 0 Å². The molecular formula is C12H23N3OS. The van der Waals surface area contributed by atoms with Crippen molar-refractivity contribution in [1.82, 2.24) is 14.5 Å². The Labute approximate surface area is 106 Å². The summed E-state index contributed by atoms with van der Waals surface area (Å²) in [6.45, 7) is 7.19. The Kier molecular flexibility index (Phi) is 5.33. The van der Waals surface area contributed by atoms with Crippen LogP contribution < -0.4 is 0 Å². The summed E-state index contributed by atoms with van der Waals surface area (Å²) in [6.07, 6.45) is 5.60. The van der Waals surface area contributed by atoms with Crippen molar-refractivity contribution in [2.75, 3.05) is 19.1 Å². The largest absolute Gasteiger partial charge is 0.331 e. The van der Waals surface area contributed by atoms with Gasteiger partial charge in [-0.05, 0) is 27.8 Å². The average molecular weight is 257 g/mol. The van der Waals surface area contributed by atoms with Crippen LogP contribution in [0.3, 0.4) is 0 Å². The number of imidazole rings is 1. The number of hydrogen-bond donors (Lipinski definition) is 0. The topological polar surface area (TPSA) is 38.1 Å². The van der Waals surface area contributed by atoms with Crippen LogP contribution in [0.25, 0.3) is 0 Å². The molecule has 0 radical (unpaired) electrons. The molecule has 5 heteroatoms. The van der Waals surface area contributed by atoms with Crippen molar-refractivity contribution in [3.8, 4) is 0 Å². The van der Waals surface area contributed by atoms with E-state index in [4.69, 9.17) is 0 Å². The summed E-state index contributed by atoms with van der Waals surface area (Å²) in [6, 6.07) is 0.731. The van der Waals surface area contributed by atoms with Gasteiger partial charge in [0.2, 0.25) is 0 Å². The fourth-order valence-electron chi connectivity index (χ4n) is 1.78. The van der Waals surface area contributed by atoms with Crippen LogP contribution in [-0.2, 0) is 17.3 Å². The van der Waals surface area contributed by atoms with E-state index in [-0.39, 0.29) is 0 Å². The minimum atomic E-state index is -0.748. The first kappa shape index (κ1) is 14.4. The molecule has 1 heterocycles. The van der Waals surface area contributed by atoms with Gasteiger partial charge in [-0.3, -0.25) is 9.11 Å². The number of hydrogen-bond acceptors (Lipinski definition) is 3. The van der Waals surface area contributed by atoms with E-state index in [2.05, 4.69) is 42.3 Å². The Bertz CT molecular complexity index is 376. The van der Waals surface area contributed by atoms with E-state index in [0.29, 0.717) is 17.8 Å². The SMILES string of the molecule is CC(CS(C)=O)N(C)Cc1nccn1C(C)C. The first-order chi connectivity index (χ1) is 7.91. The molecule has 0 saturated carbocycles. The lowest BCUT2D eigenvalue weighted by atomic mass is 10.3. The van der Waals surface area contributed by atoms with Crippen molar-refractivity contribution < 1.29 is 4.21 Å². The summed E-state index contributed by atoms with van der Waals surface area (Å²) >= 11 is 0. The van der Waals surface area contributed by atoms with Gasteiger partial charge in [-0.1, -0.05) is 0 Å². The second-order valence-electron chi connectivity index (χ2n) is 4.85. The summed E-state index contributed by atoms with van der Waals surface area (Å²) < 4.78 is 13.4. The minimum Gasteiger partial charge on any atom is -0.331 e. The molecule has 4 nitrogen and oxygen atoms in total. The standard InChI is InChI=1S/C12H23N3OS/c1-10(2)15-7-6-13-12(15)8-14(4)11(3)9-17(5)16/h6-7,10-11H,8-9H2,1-5H3. The molecule has 0 aliphatic heterocycles. The molecule has 2 unspecified atom stereocenters. The maximum absolute atomic E-state index is 11.2. The molecule has 0 saturated heterocycles. The fraction of sp³-hybridized carbons (Fsp3) is 0.750. The van der Waals surface area contributed by atoms with Gasteiger partial charge in [0.25, 0.3) is 0 Å². The number of aromatic nitrogens is 2. The quantitative estimate of drug-likeness (QED) is 0.778. The third-order valence-corrected chi connectivity index (χ3v) is 3.88. The van der Waals surface area contributed by atoms with Gasteiger partial charge in [0.05, 0.1) is 6.54 Å². The van der Waals surface area contributed by atoms with Crippen LogP contribution in [0, 0.1) is 0 Å². The molecule has 0 fully saturated rings. The molecule has 0 N–H and O–H groups in total. The highest BCUT2D eigenvalue weighted by molar-refractivity contribution is 7.84. The van der Waals surface area contributed by atoms with Gasteiger partial charge >= 0.3 is 0 Å². The third kappa shape index (κ3) is 4.24. The predicted molar refractivity (Wildman–Crippen MR) is 72.5 cm³/mol. The van der Waals surface area contributed by atoms with Crippen molar-refractivity contribution >= 4 is 10.8 Å². The molecule has 1 aromatic rings. The van der Waals surface area contributed by atoms with Crippen LogP contribution in [0.2, 0.25) is 0 Å². The third-order valence-electron chi connectivity index (χ3n) is 2.92. The van der Waals surface area contributed by atoms with Crippen molar-refractivity contribution in [3.05, 3.63) is 18.2 Å². The van der Waals surface area contributed by atoms with Gasteiger partial charge in [-0.15, -0.1) is 0 Å². The van der Waals surface area contributed by atoms with Crippen molar-refractivity contribution in [2.24, 2.45) is 0 Å². The van der Waals surface area contributed by atoms with E-state index in [1.807, 2.05) is 12.4 Å². The fourth-order valence-corrected chi connectivity index (χ4v) is 2.72. The first-order valence-corrected chi connectivity index (χ1v) is 7.66. The molecule has 0 aromatic carbocycles. The van der Waals surface area contributed by atoms with Crippen LogP contribution >= 0.6 is 0 Å². The zero-order valence-corrected chi connectivity index (χ0v) is 12.2. The van der Waals surface area contributed by atoms with Gasteiger partial charge < -0.3 is 4.57 Å². The molecule has 2 atom stereocenters. The molecule has 1 rings (SSSR count). The van der Waals surface area contributed by atoms with E-state index in [1.165, 1.54) is 0 Å². The molecule has 1 aromatic heterocycles. The van der Waals surface area contributed by atoms with Crippen LogP contribution in [-0.4, -0.2) is 43.8 Å². The van der Waals surface area contributed by atoms with Crippen LogP contribution in [0.4, 0.5) is 0 Å². The lowest BCUT2D eigenvalue weighted by Crippen LogP contribution is -2.33. The molecule has 0 spiro atoms. The smallest absolute Gasteiger partial charge is 0.123 e. The highest BCUT2D eigenvalue weighted by Crippen LogP contribution is 2.11.